The number of benzene rings is 4. The first kappa shape index (κ1) is 22.4. The predicted molar refractivity (Wildman–Crippen MR) is 145 cm³/mol. The molecule has 33 heavy (non-hydrogen) atoms. The molecule has 1 nitrogen and oxygen atoms in total. The molecule has 0 bridgehead atoms. The number of hydrogen-bond donors (Lipinski definition) is 0. The van der Waals surface area contributed by atoms with Gasteiger partial charge in [0.05, 0.1) is 0 Å². The maximum atomic E-state index is 3.81. The molecule has 0 unspecified atom stereocenters. The number of aryl methyl sites for hydroxylation is 1. The Labute approximate surface area is 198 Å². The highest BCUT2D eigenvalue weighted by molar-refractivity contribution is 5.78. The van der Waals surface area contributed by atoms with Gasteiger partial charge in [-0.2, -0.15) is 0 Å². The van der Waals surface area contributed by atoms with Crippen LogP contribution in [0, 0.1) is 0 Å². The average molecular weight is 430 g/mol. The summed E-state index contributed by atoms with van der Waals surface area (Å²) in [5.41, 5.74) is 8.37. The largest absolute Gasteiger partial charge is 0.311 e. The van der Waals surface area contributed by atoms with E-state index < -0.39 is 0 Å². The van der Waals surface area contributed by atoms with Crippen molar-refractivity contribution < 1.29 is 0 Å². The summed E-state index contributed by atoms with van der Waals surface area (Å²) in [6.45, 7) is 6.05. The smallest absolute Gasteiger partial charge is 0.0462 e. The molecule has 0 aliphatic rings. The van der Waals surface area contributed by atoms with Crippen molar-refractivity contribution in [2.24, 2.45) is 0 Å². The minimum atomic E-state index is 1.14. The maximum Gasteiger partial charge on any atom is 0.0462 e. The van der Waals surface area contributed by atoms with Crippen LogP contribution >= 0.6 is 0 Å². The Morgan fingerprint density at radius 1 is 0.606 bits per heavy atom. The molecular weight excluding hydrogens is 398 g/mol. The molecule has 1 heteroatoms. The van der Waals surface area contributed by atoms with Gasteiger partial charge in [-0.1, -0.05) is 105 Å². The zero-order valence-electron chi connectivity index (χ0n) is 19.3. The normalized spacial score (nSPS) is 10.9. The molecule has 0 heterocycles. The van der Waals surface area contributed by atoms with Crippen LogP contribution in [0.4, 0.5) is 17.1 Å². The van der Waals surface area contributed by atoms with Gasteiger partial charge in [-0.25, -0.2) is 0 Å². The van der Waals surface area contributed by atoms with E-state index in [9.17, 15) is 0 Å². The summed E-state index contributed by atoms with van der Waals surface area (Å²) in [5.74, 6) is 0. The predicted octanol–water partition coefficient (Wildman–Crippen LogP) is 9.31. The number of rotatable bonds is 9. The topological polar surface area (TPSA) is 3.24 Å². The Morgan fingerprint density at radius 3 is 1.64 bits per heavy atom. The third-order valence-corrected chi connectivity index (χ3v) is 5.82. The van der Waals surface area contributed by atoms with Crippen LogP contribution in [-0.4, -0.2) is 0 Å². The maximum absolute atomic E-state index is 3.81. The average Bonchev–Trinajstić information content (AvgIpc) is 2.89. The fourth-order valence-electron chi connectivity index (χ4n) is 3.89. The van der Waals surface area contributed by atoms with Crippen LogP contribution in [0.1, 0.15) is 42.0 Å². The second kappa shape index (κ2) is 11.2. The minimum absolute atomic E-state index is 1.14. The quantitative estimate of drug-likeness (QED) is 0.240. The number of unbranched alkanes of at least 4 members (excludes halogenated alkanes) is 1. The Morgan fingerprint density at radius 2 is 1.09 bits per heavy atom. The Balaban J connectivity index is 1.58. The van der Waals surface area contributed by atoms with Gasteiger partial charge >= 0.3 is 0 Å². The number of para-hydroxylation sites is 1. The number of hydrogen-bond acceptors (Lipinski definition) is 1. The first-order chi connectivity index (χ1) is 16.3. The second-order valence-corrected chi connectivity index (χ2v) is 8.24. The van der Waals surface area contributed by atoms with Gasteiger partial charge in [0.1, 0.15) is 0 Å². The zero-order valence-corrected chi connectivity index (χ0v) is 19.3. The van der Waals surface area contributed by atoms with Crippen molar-refractivity contribution in [2.45, 2.75) is 26.2 Å². The van der Waals surface area contributed by atoms with E-state index in [1.165, 1.54) is 35.2 Å². The highest BCUT2D eigenvalue weighted by Crippen LogP contribution is 2.34. The van der Waals surface area contributed by atoms with E-state index in [0.717, 1.165) is 23.4 Å². The molecular formula is C32H31N. The fraction of sp³-hybridized carbons (Fsp3) is 0.125. The van der Waals surface area contributed by atoms with E-state index in [2.05, 4.69) is 134 Å². The lowest BCUT2D eigenvalue weighted by molar-refractivity contribution is 0.795. The van der Waals surface area contributed by atoms with Crippen LogP contribution in [0.25, 0.3) is 18.2 Å². The molecule has 164 valence electrons. The summed E-state index contributed by atoms with van der Waals surface area (Å²) in [6.07, 6.45) is 9.75. The van der Waals surface area contributed by atoms with Crippen LogP contribution in [-0.2, 0) is 6.42 Å². The fourth-order valence-corrected chi connectivity index (χ4v) is 3.89. The highest BCUT2D eigenvalue weighted by atomic mass is 15.1. The van der Waals surface area contributed by atoms with Gasteiger partial charge in [-0.3, -0.25) is 0 Å². The first-order valence-corrected chi connectivity index (χ1v) is 11.7. The van der Waals surface area contributed by atoms with Crippen molar-refractivity contribution in [2.75, 3.05) is 4.90 Å². The molecule has 0 radical (unpaired) electrons. The summed E-state index contributed by atoms with van der Waals surface area (Å²) in [6, 6.07) is 36.7. The third kappa shape index (κ3) is 5.90. The summed E-state index contributed by atoms with van der Waals surface area (Å²) in [5, 5.41) is 0. The monoisotopic (exact) mass is 429 g/mol. The molecule has 4 aromatic rings. The lowest BCUT2D eigenvalue weighted by atomic mass is 10.1. The van der Waals surface area contributed by atoms with Gasteiger partial charge in [-0.05, 0) is 71.5 Å². The number of anilines is 3. The van der Waals surface area contributed by atoms with Crippen molar-refractivity contribution >= 4 is 35.3 Å². The molecule has 4 rings (SSSR count). The molecule has 0 atom stereocenters. The summed E-state index contributed by atoms with van der Waals surface area (Å²) in [7, 11) is 0. The molecule has 0 aromatic heterocycles. The summed E-state index contributed by atoms with van der Waals surface area (Å²) in [4.78, 5) is 2.31. The van der Waals surface area contributed by atoms with Crippen molar-refractivity contribution in [3.8, 4) is 0 Å². The molecule has 0 saturated heterocycles. The third-order valence-electron chi connectivity index (χ3n) is 5.82. The van der Waals surface area contributed by atoms with E-state index in [1.54, 1.807) is 0 Å². The van der Waals surface area contributed by atoms with Crippen molar-refractivity contribution in [1.29, 1.82) is 0 Å². The van der Waals surface area contributed by atoms with E-state index >= 15 is 0 Å². The second-order valence-electron chi connectivity index (χ2n) is 8.24. The van der Waals surface area contributed by atoms with Crippen LogP contribution in [0.5, 0.6) is 0 Å². The molecule has 0 amide bonds. The lowest BCUT2D eigenvalue weighted by Crippen LogP contribution is -2.09. The van der Waals surface area contributed by atoms with Crippen LogP contribution < -0.4 is 4.90 Å². The van der Waals surface area contributed by atoms with Gasteiger partial charge in [0.15, 0.2) is 0 Å². The summed E-state index contributed by atoms with van der Waals surface area (Å²) >= 11 is 0. The van der Waals surface area contributed by atoms with Crippen molar-refractivity contribution in [3.63, 3.8) is 0 Å². The van der Waals surface area contributed by atoms with Crippen LogP contribution in [0.3, 0.4) is 0 Å². The van der Waals surface area contributed by atoms with Gasteiger partial charge in [-0.15, -0.1) is 0 Å². The van der Waals surface area contributed by atoms with Crippen molar-refractivity contribution in [3.05, 3.63) is 132 Å². The molecule has 0 fully saturated rings. The molecule has 0 N–H and O–H groups in total. The highest BCUT2D eigenvalue weighted by Gasteiger charge is 2.12. The minimum Gasteiger partial charge on any atom is -0.311 e. The summed E-state index contributed by atoms with van der Waals surface area (Å²) < 4.78 is 0. The molecule has 0 aliphatic carbocycles. The van der Waals surface area contributed by atoms with Crippen LogP contribution in [0.2, 0.25) is 0 Å². The van der Waals surface area contributed by atoms with Crippen LogP contribution in [0.15, 0.2) is 110 Å². The molecule has 4 aromatic carbocycles. The Hall–Kier alpha value is -3.84. The van der Waals surface area contributed by atoms with Gasteiger partial charge in [0.2, 0.25) is 0 Å². The van der Waals surface area contributed by atoms with Gasteiger partial charge in [0.25, 0.3) is 0 Å². The Kier molecular flexibility index (Phi) is 7.56. The molecule has 0 aliphatic heterocycles. The van der Waals surface area contributed by atoms with Gasteiger partial charge < -0.3 is 4.90 Å². The number of nitrogens with zero attached hydrogens (tertiary/aromatic N) is 1. The van der Waals surface area contributed by atoms with E-state index in [4.69, 9.17) is 0 Å². The first-order valence-electron chi connectivity index (χ1n) is 11.7. The van der Waals surface area contributed by atoms with E-state index in [-0.39, 0.29) is 0 Å². The SMILES string of the molecule is C=Cc1ccc(/C=C/c2ccc(N(c3ccccc3)c3ccc(CCCC)cc3)cc2)cc1. The Bertz CT molecular complexity index is 1170. The van der Waals surface area contributed by atoms with E-state index in [0.29, 0.717) is 0 Å². The van der Waals surface area contributed by atoms with Gasteiger partial charge in [0, 0.05) is 17.1 Å². The molecule has 0 spiro atoms. The molecule has 0 saturated carbocycles. The zero-order chi connectivity index (χ0) is 22.9. The van der Waals surface area contributed by atoms with Crippen molar-refractivity contribution in [1.82, 2.24) is 0 Å². The van der Waals surface area contributed by atoms with E-state index in [1.807, 2.05) is 6.08 Å². The lowest BCUT2D eigenvalue weighted by Gasteiger charge is -2.25. The standard InChI is InChI=1S/C32H31N/c1-3-5-9-27-18-22-31(23-19-27)33(30-10-7-6-8-11-30)32-24-20-29(21-25-32)17-16-28-14-12-26(4-2)13-15-28/h4,6-8,10-25H,2-3,5,9H2,1H3/b17-16+.